The molecular formula is C15H27IN2OSi. The van der Waals surface area contributed by atoms with Crippen LogP contribution in [0.15, 0.2) is 12.4 Å². The lowest BCUT2D eigenvalue weighted by Gasteiger charge is -2.43. The van der Waals surface area contributed by atoms with E-state index in [1.54, 1.807) is 0 Å². The highest BCUT2D eigenvalue weighted by Gasteiger charge is 2.41. The second kappa shape index (κ2) is 6.08. The first kappa shape index (κ1) is 16.5. The average molecular weight is 406 g/mol. The van der Waals surface area contributed by atoms with Crippen LogP contribution < -0.4 is 0 Å². The minimum atomic E-state index is -1.70. The molecule has 0 spiro atoms. The normalized spacial score (nSPS) is 24.9. The molecule has 0 aliphatic heterocycles. The first-order chi connectivity index (χ1) is 9.21. The van der Waals surface area contributed by atoms with Gasteiger partial charge in [0.25, 0.3) is 0 Å². The maximum Gasteiger partial charge on any atom is 0.192 e. The van der Waals surface area contributed by atoms with Crippen LogP contribution >= 0.6 is 22.6 Å². The largest absolute Gasteiger partial charge is 0.412 e. The maximum absolute atomic E-state index is 6.70. The van der Waals surface area contributed by atoms with E-state index in [1.807, 2.05) is 6.20 Å². The molecule has 0 bridgehead atoms. The van der Waals surface area contributed by atoms with Crippen LogP contribution in [0.4, 0.5) is 0 Å². The molecule has 0 aromatic carbocycles. The van der Waals surface area contributed by atoms with Gasteiger partial charge in [-0.3, -0.25) is 4.68 Å². The Morgan fingerprint density at radius 3 is 2.50 bits per heavy atom. The van der Waals surface area contributed by atoms with Crippen LogP contribution in [-0.4, -0.2) is 24.2 Å². The van der Waals surface area contributed by atoms with Gasteiger partial charge in [0.15, 0.2) is 8.32 Å². The van der Waals surface area contributed by atoms with Crippen LogP contribution in [0.3, 0.4) is 0 Å². The fourth-order valence-corrected chi connectivity index (χ4v) is 4.36. The van der Waals surface area contributed by atoms with Gasteiger partial charge < -0.3 is 4.43 Å². The molecule has 0 N–H and O–H groups in total. The fourth-order valence-electron chi connectivity index (χ4n) is 2.57. The Morgan fingerprint density at radius 2 is 1.95 bits per heavy atom. The second-order valence-corrected chi connectivity index (χ2v) is 13.4. The fraction of sp³-hybridized carbons (Fsp3) is 0.800. The zero-order chi connectivity index (χ0) is 15.0. The molecule has 0 saturated heterocycles. The van der Waals surface area contributed by atoms with Crippen LogP contribution in [0.2, 0.25) is 18.1 Å². The smallest absolute Gasteiger partial charge is 0.192 e. The summed E-state index contributed by atoms with van der Waals surface area (Å²) >= 11 is 2.33. The molecule has 1 unspecified atom stereocenters. The first-order valence-electron chi connectivity index (χ1n) is 7.58. The van der Waals surface area contributed by atoms with Gasteiger partial charge in [-0.1, -0.05) is 33.6 Å². The zero-order valence-corrected chi connectivity index (χ0v) is 16.5. The van der Waals surface area contributed by atoms with Crippen molar-refractivity contribution < 1.29 is 4.43 Å². The second-order valence-electron chi connectivity index (χ2n) is 7.41. The van der Waals surface area contributed by atoms with Gasteiger partial charge in [-0.05, 0) is 53.6 Å². The number of nitrogens with zero attached hydrogens (tertiary/aromatic N) is 2. The number of halogens is 1. The molecule has 2 rings (SSSR count). The van der Waals surface area contributed by atoms with Gasteiger partial charge in [-0.25, -0.2) is 0 Å². The number of aromatic nitrogens is 2. The lowest BCUT2D eigenvalue weighted by molar-refractivity contribution is 0.0782. The van der Waals surface area contributed by atoms with E-state index >= 15 is 0 Å². The van der Waals surface area contributed by atoms with Crippen molar-refractivity contribution in [2.24, 2.45) is 0 Å². The molecule has 20 heavy (non-hydrogen) atoms. The minimum absolute atomic E-state index is 0.271. The predicted molar refractivity (Wildman–Crippen MR) is 94.5 cm³/mol. The van der Waals surface area contributed by atoms with Crippen molar-refractivity contribution in [2.75, 3.05) is 0 Å². The maximum atomic E-state index is 6.70. The lowest BCUT2D eigenvalue weighted by atomic mass is 9.93. The van der Waals surface area contributed by atoms with E-state index in [0.717, 1.165) is 0 Å². The summed E-state index contributed by atoms with van der Waals surface area (Å²) in [4.78, 5) is 0. The van der Waals surface area contributed by atoms with Gasteiger partial charge >= 0.3 is 0 Å². The molecule has 1 saturated carbocycles. The SMILES string of the molecule is CC(C)(C)[Si](C)(C)O[C@@H]1CCCCC1n1cc(I)cn1. The van der Waals surface area contributed by atoms with Crippen LogP contribution in [0.25, 0.3) is 0 Å². The quantitative estimate of drug-likeness (QED) is 0.522. The number of rotatable bonds is 3. The molecule has 1 heterocycles. The summed E-state index contributed by atoms with van der Waals surface area (Å²) in [6.45, 7) is 11.6. The summed E-state index contributed by atoms with van der Waals surface area (Å²) in [6.07, 6.45) is 9.37. The molecule has 5 heteroatoms. The number of hydrogen-bond donors (Lipinski definition) is 0. The Balaban J connectivity index is 2.16. The summed E-state index contributed by atoms with van der Waals surface area (Å²) < 4.78 is 10.0. The lowest BCUT2D eigenvalue weighted by Crippen LogP contribution is -2.47. The van der Waals surface area contributed by atoms with Crippen molar-refractivity contribution in [1.82, 2.24) is 9.78 Å². The zero-order valence-electron chi connectivity index (χ0n) is 13.3. The topological polar surface area (TPSA) is 27.1 Å². The third kappa shape index (κ3) is 3.65. The molecule has 2 atom stereocenters. The monoisotopic (exact) mass is 406 g/mol. The van der Waals surface area contributed by atoms with Gasteiger partial charge in [0.1, 0.15) is 0 Å². The standard InChI is InChI=1S/C15H27IN2OSi/c1-15(2,3)20(4,5)19-14-9-7-6-8-13(14)18-11-12(16)10-17-18/h10-11,13-14H,6-9H2,1-5H3/t13?,14-/m1/s1. The molecule has 1 fully saturated rings. The van der Waals surface area contributed by atoms with E-state index < -0.39 is 8.32 Å². The van der Waals surface area contributed by atoms with E-state index in [2.05, 4.69) is 72.4 Å². The highest BCUT2D eigenvalue weighted by molar-refractivity contribution is 14.1. The Kier molecular flexibility index (Phi) is 5.01. The molecule has 1 aromatic heterocycles. The van der Waals surface area contributed by atoms with Crippen molar-refractivity contribution >= 4 is 30.9 Å². The first-order valence-corrected chi connectivity index (χ1v) is 11.6. The highest BCUT2D eigenvalue weighted by atomic mass is 127. The Hall–Kier alpha value is 0.117. The number of hydrogen-bond acceptors (Lipinski definition) is 2. The van der Waals surface area contributed by atoms with Crippen molar-refractivity contribution in [1.29, 1.82) is 0 Å². The van der Waals surface area contributed by atoms with Crippen LogP contribution in [0, 0.1) is 3.57 Å². The molecule has 1 aliphatic rings. The average Bonchev–Trinajstić information content (AvgIpc) is 2.74. The summed E-state index contributed by atoms with van der Waals surface area (Å²) in [5.41, 5.74) is 0. The van der Waals surface area contributed by atoms with Gasteiger partial charge in [-0.2, -0.15) is 5.10 Å². The summed E-state index contributed by atoms with van der Waals surface area (Å²) in [5, 5.41) is 4.80. The van der Waals surface area contributed by atoms with Gasteiger partial charge in [0.05, 0.1) is 21.9 Å². The molecule has 1 aromatic rings. The Bertz CT molecular complexity index is 453. The van der Waals surface area contributed by atoms with Crippen LogP contribution in [0.5, 0.6) is 0 Å². The highest BCUT2D eigenvalue weighted by Crippen LogP contribution is 2.41. The van der Waals surface area contributed by atoms with Crippen LogP contribution in [-0.2, 0) is 4.43 Å². The van der Waals surface area contributed by atoms with Gasteiger partial charge in [0.2, 0.25) is 0 Å². The third-order valence-corrected chi connectivity index (χ3v) is 9.89. The van der Waals surface area contributed by atoms with Crippen LogP contribution in [0.1, 0.15) is 52.5 Å². The van der Waals surface area contributed by atoms with E-state index in [-0.39, 0.29) is 5.04 Å². The van der Waals surface area contributed by atoms with E-state index in [9.17, 15) is 0 Å². The van der Waals surface area contributed by atoms with Gasteiger partial charge in [0, 0.05) is 6.20 Å². The molecule has 0 amide bonds. The van der Waals surface area contributed by atoms with Crippen molar-refractivity contribution in [3.63, 3.8) is 0 Å². The summed E-state index contributed by atoms with van der Waals surface area (Å²) in [6, 6.07) is 0.418. The van der Waals surface area contributed by atoms with E-state index in [0.29, 0.717) is 12.1 Å². The third-order valence-electron chi connectivity index (χ3n) is 4.83. The van der Waals surface area contributed by atoms with Gasteiger partial charge in [-0.15, -0.1) is 0 Å². The van der Waals surface area contributed by atoms with Crippen molar-refractivity contribution in [2.45, 2.75) is 76.7 Å². The minimum Gasteiger partial charge on any atom is -0.412 e. The Labute approximate surface area is 137 Å². The Morgan fingerprint density at radius 1 is 1.30 bits per heavy atom. The molecule has 1 aliphatic carbocycles. The molecular weight excluding hydrogens is 379 g/mol. The van der Waals surface area contributed by atoms with E-state index in [4.69, 9.17) is 4.43 Å². The van der Waals surface area contributed by atoms with Crippen molar-refractivity contribution in [3.05, 3.63) is 16.0 Å². The molecule has 0 radical (unpaired) electrons. The summed E-state index contributed by atoms with van der Waals surface area (Å²) in [5.74, 6) is 0. The van der Waals surface area contributed by atoms with Crippen molar-refractivity contribution in [3.8, 4) is 0 Å². The summed E-state index contributed by atoms with van der Waals surface area (Å²) in [7, 11) is -1.70. The van der Waals surface area contributed by atoms with E-state index in [1.165, 1.54) is 29.3 Å². The molecule has 114 valence electrons. The molecule has 3 nitrogen and oxygen atoms in total. The predicted octanol–water partition coefficient (Wildman–Crippen LogP) is 4.99.